The Kier molecular flexibility index (Phi) is 3.53. The third-order valence-corrected chi connectivity index (χ3v) is 5.48. The second-order valence-electron chi connectivity index (χ2n) is 6.72. The molecule has 0 bridgehead atoms. The zero-order valence-corrected chi connectivity index (χ0v) is 12.5. The van der Waals surface area contributed by atoms with E-state index in [2.05, 4.69) is 22.3 Å². The Bertz CT molecular complexity index is 488. The van der Waals surface area contributed by atoms with Crippen LogP contribution in [0.3, 0.4) is 0 Å². The van der Waals surface area contributed by atoms with E-state index in [9.17, 15) is 0 Å². The van der Waals surface area contributed by atoms with Crippen molar-refractivity contribution in [2.45, 2.75) is 51.0 Å². The van der Waals surface area contributed by atoms with Crippen LogP contribution in [0, 0.1) is 0 Å². The maximum atomic E-state index is 3.49. The van der Waals surface area contributed by atoms with Crippen LogP contribution in [0.2, 0.25) is 0 Å². The van der Waals surface area contributed by atoms with Crippen LogP contribution in [0.1, 0.15) is 54.0 Å². The standard InChI is InChI=1S/C18H26N2/c1-2-5-15-13-17-16(12-14(15)4-1)6-3-7-18(17)20-10-8-19-9-11-20/h12-13,18-19H,1-11H2. The lowest BCUT2D eigenvalue weighted by atomic mass is 9.80. The zero-order valence-electron chi connectivity index (χ0n) is 12.5. The van der Waals surface area contributed by atoms with Crippen LogP contribution >= 0.6 is 0 Å². The summed E-state index contributed by atoms with van der Waals surface area (Å²) in [6.07, 6.45) is 9.48. The minimum Gasteiger partial charge on any atom is -0.314 e. The minimum atomic E-state index is 0.702. The summed E-state index contributed by atoms with van der Waals surface area (Å²) in [4.78, 5) is 2.73. The topological polar surface area (TPSA) is 15.3 Å². The Labute approximate surface area is 122 Å². The molecule has 0 saturated carbocycles. The largest absolute Gasteiger partial charge is 0.314 e. The second-order valence-corrected chi connectivity index (χ2v) is 6.72. The molecule has 1 fully saturated rings. The quantitative estimate of drug-likeness (QED) is 0.844. The molecular formula is C18H26N2. The molecule has 1 N–H and O–H groups in total. The number of nitrogens with one attached hydrogen (secondary N) is 1. The lowest BCUT2D eigenvalue weighted by Gasteiger charge is -2.39. The number of piperazine rings is 1. The third-order valence-electron chi connectivity index (χ3n) is 5.48. The van der Waals surface area contributed by atoms with E-state index in [-0.39, 0.29) is 0 Å². The molecule has 4 rings (SSSR count). The summed E-state index contributed by atoms with van der Waals surface area (Å²) in [6, 6.07) is 5.86. The normalized spacial score (nSPS) is 26.9. The monoisotopic (exact) mass is 270 g/mol. The van der Waals surface area contributed by atoms with Crippen LogP contribution in [-0.2, 0) is 19.3 Å². The summed E-state index contributed by atoms with van der Waals surface area (Å²) in [6.45, 7) is 4.77. The Morgan fingerprint density at radius 2 is 1.55 bits per heavy atom. The average Bonchev–Trinajstić information content (AvgIpc) is 2.53. The fraction of sp³-hybridized carbons (Fsp3) is 0.667. The summed E-state index contributed by atoms with van der Waals surface area (Å²) in [5.74, 6) is 0. The maximum Gasteiger partial charge on any atom is 0.0352 e. The molecule has 0 amide bonds. The average molecular weight is 270 g/mol. The highest BCUT2D eigenvalue weighted by atomic mass is 15.2. The highest BCUT2D eigenvalue weighted by molar-refractivity contribution is 5.42. The molecule has 3 aliphatic rings. The molecule has 2 nitrogen and oxygen atoms in total. The van der Waals surface area contributed by atoms with Gasteiger partial charge in [-0.3, -0.25) is 4.90 Å². The van der Waals surface area contributed by atoms with E-state index in [1.165, 1.54) is 58.0 Å². The van der Waals surface area contributed by atoms with E-state index >= 15 is 0 Å². The van der Waals surface area contributed by atoms with Crippen LogP contribution in [0.15, 0.2) is 12.1 Å². The summed E-state index contributed by atoms with van der Waals surface area (Å²) in [5.41, 5.74) is 6.67. The highest BCUT2D eigenvalue weighted by Gasteiger charge is 2.28. The number of hydrogen-bond donors (Lipinski definition) is 1. The van der Waals surface area contributed by atoms with E-state index in [1.54, 1.807) is 22.3 Å². The Morgan fingerprint density at radius 1 is 0.850 bits per heavy atom. The summed E-state index contributed by atoms with van der Waals surface area (Å²) in [7, 11) is 0. The molecule has 1 heterocycles. The molecule has 1 saturated heterocycles. The van der Waals surface area contributed by atoms with Crippen molar-refractivity contribution >= 4 is 0 Å². The van der Waals surface area contributed by atoms with Crippen molar-refractivity contribution in [1.82, 2.24) is 10.2 Å². The zero-order chi connectivity index (χ0) is 13.4. The van der Waals surface area contributed by atoms with Crippen LogP contribution < -0.4 is 5.32 Å². The van der Waals surface area contributed by atoms with Gasteiger partial charge in [-0.15, -0.1) is 0 Å². The number of nitrogens with zero attached hydrogens (tertiary/aromatic N) is 1. The smallest absolute Gasteiger partial charge is 0.0352 e. The van der Waals surface area contributed by atoms with Gasteiger partial charge in [0.15, 0.2) is 0 Å². The Morgan fingerprint density at radius 3 is 2.35 bits per heavy atom. The van der Waals surface area contributed by atoms with Gasteiger partial charge in [0.2, 0.25) is 0 Å². The van der Waals surface area contributed by atoms with Crippen LogP contribution in [0.25, 0.3) is 0 Å². The Hall–Kier alpha value is -0.860. The fourth-order valence-corrected chi connectivity index (χ4v) is 4.40. The van der Waals surface area contributed by atoms with E-state index in [0.29, 0.717) is 6.04 Å². The SMILES string of the molecule is c1c2c(cc3c1CCCC3N1CCNCC1)CCCC2. The van der Waals surface area contributed by atoms with E-state index in [4.69, 9.17) is 0 Å². The molecular weight excluding hydrogens is 244 g/mol. The van der Waals surface area contributed by atoms with Gasteiger partial charge in [0.05, 0.1) is 0 Å². The van der Waals surface area contributed by atoms with Crippen molar-refractivity contribution < 1.29 is 0 Å². The molecule has 2 aliphatic carbocycles. The van der Waals surface area contributed by atoms with E-state index in [1.807, 2.05) is 0 Å². The number of hydrogen-bond acceptors (Lipinski definition) is 2. The molecule has 0 radical (unpaired) electrons. The molecule has 1 aromatic rings. The second kappa shape index (κ2) is 5.50. The molecule has 0 aromatic heterocycles. The van der Waals surface area contributed by atoms with Gasteiger partial charge < -0.3 is 5.32 Å². The molecule has 2 heteroatoms. The van der Waals surface area contributed by atoms with Crippen molar-refractivity contribution in [2.24, 2.45) is 0 Å². The van der Waals surface area contributed by atoms with Crippen LogP contribution in [-0.4, -0.2) is 31.1 Å². The fourth-order valence-electron chi connectivity index (χ4n) is 4.40. The molecule has 1 unspecified atom stereocenters. The van der Waals surface area contributed by atoms with Gasteiger partial charge in [-0.1, -0.05) is 12.1 Å². The Balaban J connectivity index is 1.68. The predicted molar refractivity (Wildman–Crippen MR) is 83.2 cm³/mol. The van der Waals surface area contributed by atoms with Gasteiger partial charge in [0.25, 0.3) is 0 Å². The summed E-state index contributed by atoms with van der Waals surface area (Å²) < 4.78 is 0. The number of rotatable bonds is 1. The summed E-state index contributed by atoms with van der Waals surface area (Å²) in [5, 5.41) is 3.49. The first-order valence-electron chi connectivity index (χ1n) is 8.51. The van der Waals surface area contributed by atoms with Gasteiger partial charge in [0.1, 0.15) is 0 Å². The van der Waals surface area contributed by atoms with Crippen molar-refractivity contribution in [3.8, 4) is 0 Å². The number of aryl methyl sites for hydroxylation is 3. The molecule has 1 aromatic carbocycles. The minimum absolute atomic E-state index is 0.702. The van der Waals surface area contributed by atoms with Gasteiger partial charge in [-0.25, -0.2) is 0 Å². The first-order chi connectivity index (χ1) is 9.92. The highest BCUT2D eigenvalue weighted by Crippen LogP contribution is 2.37. The van der Waals surface area contributed by atoms with Gasteiger partial charge in [-0.2, -0.15) is 0 Å². The van der Waals surface area contributed by atoms with Gasteiger partial charge >= 0.3 is 0 Å². The lowest BCUT2D eigenvalue weighted by Crippen LogP contribution is -2.45. The van der Waals surface area contributed by atoms with Crippen molar-refractivity contribution in [3.05, 3.63) is 34.4 Å². The van der Waals surface area contributed by atoms with E-state index < -0.39 is 0 Å². The summed E-state index contributed by atoms with van der Waals surface area (Å²) >= 11 is 0. The van der Waals surface area contributed by atoms with E-state index in [0.717, 1.165) is 13.1 Å². The first kappa shape index (κ1) is 12.8. The maximum absolute atomic E-state index is 3.49. The molecule has 0 spiro atoms. The number of fused-ring (bicyclic) bond motifs is 2. The van der Waals surface area contributed by atoms with Crippen LogP contribution in [0.4, 0.5) is 0 Å². The molecule has 1 atom stereocenters. The molecule has 108 valence electrons. The molecule has 1 aliphatic heterocycles. The van der Waals surface area contributed by atoms with Crippen molar-refractivity contribution in [3.63, 3.8) is 0 Å². The van der Waals surface area contributed by atoms with Gasteiger partial charge in [0, 0.05) is 32.2 Å². The first-order valence-corrected chi connectivity index (χ1v) is 8.51. The predicted octanol–water partition coefficient (Wildman–Crippen LogP) is 2.85. The van der Waals surface area contributed by atoms with Crippen molar-refractivity contribution in [2.75, 3.05) is 26.2 Å². The number of benzene rings is 1. The van der Waals surface area contributed by atoms with Gasteiger partial charge in [-0.05, 0) is 67.2 Å². The van der Waals surface area contributed by atoms with Crippen molar-refractivity contribution in [1.29, 1.82) is 0 Å². The lowest BCUT2D eigenvalue weighted by molar-refractivity contribution is 0.158. The van der Waals surface area contributed by atoms with Crippen LogP contribution in [0.5, 0.6) is 0 Å². The third kappa shape index (κ3) is 2.29. The molecule has 20 heavy (non-hydrogen) atoms.